The van der Waals surface area contributed by atoms with Crippen molar-refractivity contribution in [3.8, 4) is 0 Å². The number of rotatable bonds is 7. The van der Waals surface area contributed by atoms with Crippen LogP contribution in [-0.2, 0) is 16.2 Å². The van der Waals surface area contributed by atoms with E-state index in [1.54, 1.807) is 0 Å². The number of carbonyl (C=O) groups is 1. The number of oxime groups is 1. The third kappa shape index (κ3) is 5.33. The van der Waals surface area contributed by atoms with Crippen molar-refractivity contribution in [1.29, 1.82) is 0 Å². The number of nitrogens with zero attached hydrogens (tertiary/aromatic N) is 2. The fraction of sp³-hybridized carbons (Fsp3) is 0.364. The monoisotopic (exact) mass is 384 g/mol. The molecule has 142 valence electrons. The van der Waals surface area contributed by atoms with E-state index in [1.807, 2.05) is 59.5 Å². The number of carbonyl (C=O) groups excluding carboxylic acids is 1. The van der Waals surface area contributed by atoms with Gasteiger partial charge in [-0.15, -0.1) is 0 Å². The van der Waals surface area contributed by atoms with Gasteiger partial charge in [0.15, 0.2) is 6.10 Å². The van der Waals surface area contributed by atoms with Crippen molar-refractivity contribution in [2.45, 2.75) is 39.3 Å². The number of benzene rings is 2. The molecular formula is C22H25ClN2O2. The molecule has 27 heavy (non-hydrogen) atoms. The van der Waals surface area contributed by atoms with E-state index >= 15 is 0 Å². The maximum Gasteiger partial charge on any atom is 0.223 e. The summed E-state index contributed by atoms with van der Waals surface area (Å²) in [5.41, 5.74) is 2.84. The molecule has 1 atom stereocenters. The second kappa shape index (κ2) is 9.05. The second-order valence-corrected chi connectivity index (χ2v) is 7.71. The van der Waals surface area contributed by atoms with Crippen LogP contribution in [0.3, 0.4) is 0 Å². The van der Waals surface area contributed by atoms with Gasteiger partial charge in [0.25, 0.3) is 0 Å². The minimum absolute atomic E-state index is 0.142. The molecule has 0 unspecified atom stereocenters. The molecule has 1 aliphatic rings. The molecule has 2 aromatic rings. The summed E-state index contributed by atoms with van der Waals surface area (Å²) >= 11 is 6.27. The standard InChI is InChI=1S/C22H25ClN2O2/c1-16(2)12-22(26)25(14-17-8-4-3-5-9-17)15-18-13-21(24-27-18)19-10-6-7-11-20(19)23/h3-11,16,18H,12-15H2,1-2H3/t18-/m1/s1. The van der Waals surface area contributed by atoms with Gasteiger partial charge in [-0.1, -0.05) is 79.1 Å². The Balaban J connectivity index is 1.67. The van der Waals surface area contributed by atoms with E-state index in [9.17, 15) is 4.79 Å². The highest BCUT2D eigenvalue weighted by molar-refractivity contribution is 6.34. The average molecular weight is 385 g/mol. The van der Waals surface area contributed by atoms with Gasteiger partial charge in [-0.2, -0.15) is 0 Å². The molecule has 0 aromatic heterocycles. The molecule has 0 fully saturated rings. The molecule has 3 rings (SSSR count). The van der Waals surface area contributed by atoms with Crippen LogP contribution in [0.25, 0.3) is 0 Å². The predicted octanol–water partition coefficient (Wildman–Crippen LogP) is 4.91. The average Bonchev–Trinajstić information content (AvgIpc) is 3.10. The Morgan fingerprint density at radius 3 is 2.59 bits per heavy atom. The third-order valence-electron chi connectivity index (χ3n) is 4.49. The van der Waals surface area contributed by atoms with E-state index in [2.05, 4.69) is 19.0 Å². The zero-order valence-corrected chi connectivity index (χ0v) is 16.5. The molecule has 0 saturated heterocycles. The highest BCUT2D eigenvalue weighted by atomic mass is 35.5. The topological polar surface area (TPSA) is 41.9 Å². The molecule has 4 nitrogen and oxygen atoms in total. The summed E-state index contributed by atoms with van der Waals surface area (Å²) < 4.78 is 0. The largest absolute Gasteiger partial charge is 0.390 e. The summed E-state index contributed by atoms with van der Waals surface area (Å²) in [5.74, 6) is 0.457. The third-order valence-corrected chi connectivity index (χ3v) is 4.82. The summed E-state index contributed by atoms with van der Waals surface area (Å²) in [5, 5.41) is 4.89. The second-order valence-electron chi connectivity index (χ2n) is 7.31. The summed E-state index contributed by atoms with van der Waals surface area (Å²) in [4.78, 5) is 20.3. The van der Waals surface area contributed by atoms with Gasteiger partial charge in [0.05, 0.1) is 12.3 Å². The number of hydrogen-bond acceptors (Lipinski definition) is 3. The molecule has 1 aliphatic heterocycles. The van der Waals surface area contributed by atoms with Crippen LogP contribution in [0.2, 0.25) is 5.02 Å². The summed E-state index contributed by atoms with van der Waals surface area (Å²) in [6.45, 7) is 5.21. The number of amides is 1. The van der Waals surface area contributed by atoms with Gasteiger partial charge in [0, 0.05) is 30.0 Å². The lowest BCUT2D eigenvalue weighted by atomic mass is 10.0. The van der Waals surface area contributed by atoms with Crippen LogP contribution in [-0.4, -0.2) is 29.2 Å². The van der Waals surface area contributed by atoms with E-state index in [0.717, 1.165) is 16.8 Å². The normalized spacial score (nSPS) is 16.1. The van der Waals surface area contributed by atoms with Crippen molar-refractivity contribution < 1.29 is 9.63 Å². The fourth-order valence-electron chi connectivity index (χ4n) is 3.16. The van der Waals surface area contributed by atoms with Crippen molar-refractivity contribution >= 4 is 23.2 Å². The van der Waals surface area contributed by atoms with Gasteiger partial charge < -0.3 is 9.74 Å². The van der Waals surface area contributed by atoms with Crippen LogP contribution in [0.5, 0.6) is 0 Å². The molecule has 1 heterocycles. The SMILES string of the molecule is CC(C)CC(=O)N(Cc1ccccc1)C[C@H]1CC(c2ccccc2Cl)=NO1. The lowest BCUT2D eigenvalue weighted by Crippen LogP contribution is -2.37. The van der Waals surface area contributed by atoms with Crippen molar-refractivity contribution in [2.75, 3.05) is 6.54 Å². The number of halogens is 1. The van der Waals surface area contributed by atoms with Gasteiger partial charge >= 0.3 is 0 Å². The molecular weight excluding hydrogens is 360 g/mol. The summed E-state index contributed by atoms with van der Waals surface area (Å²) in [6.07, 6.45) is 1.01. The van der Waals surface area contributed by atoms with Gasteiger partial charge in [-0.3, -0.25) is 4.79 Å². The molecule has 0 radical (unpaired) electrons. The van der Waals surface area contributed by atoms with Crippen LogP contribution in [0.1, 0.15) is 37.8 Å². The van der Waals surface area contributed by atoms with Crippen LogP contribution in [0.15, 0.2) is 59.8 Å². The highest BCUT2D eigenvalue weighted by Crippen LogP contribution is 2.24. The summed E-state index contributed by atoms with van der Waals surface area (Å²) in [7, 11) is 0. The smallest absolute Gasteiger partial charge is 0.223 e. The first kappa shape index (κ1) is 19.4. The molecule has 0 spiro atoms. The van der Waals surface area contributed by atoms with E-state index in [0.29, 0.717) is 36.9 Å². The molecule has 0 saturated carbocycles. The number of hydrogen-bond donors (Lipinski definition) is 0. The molecule has 5 heteroatoms. The Kier molecular flexibility index (Phi) is 6.51. The van der Waals surface area contributed by atoms with Gasteiger partial charge in [-0.05, 0) is 17.5 Å². The first-order valence-electron chi connectivity index (χ1n) is 9.32. The maximum atomic E-state index is 12.8. The Morgan fingerprint density at radius 1 is 1.19 bits per heavy atom. The Bertz CT molecular complexity index is 805. The quantitative estimate of drug-likeness (QED) is 0.680. The highest BCUT2D eigenvalue weighted by Gasteiger charge is 2.27. The first-order chi connectivity index (χ1) is 13.0. The zero-order chi connectivity index (χ0) is 19.2. The molecule has 1 amide bonds. The van der Waals surface area contributed by atoms with Crippen molar-refractivity contribution in [3.63, 3.8) is 0 Å². The minimum atomic E-state index is -0.156. The van der Waals surface area contributed by atoms with Crippen LogP contribution in [0, 0.1) is 5.92 Å². The molecule has 0 bridgehead atoms. The first-order valence-corrected chi connectivity index (χ1v) is 9.70. The van der Waals surface area contributed by atoms with Crippen molar-refractivity contribution in [3.05, 3.63) is 70.7 Å². The molecule has 0 aliphatic carbocycles. The summed E-state index contributed by atoms with van der Waals surface area (Å²) in [6, 6.07) is 17.7. The lowest BCUT2D eigenvalue weighted by Gasteiger charge is -2.26. The Labute approximate surface area is 165 Å². The minimum Gasteiger partial charge on any atom is -0.390 e. The van der Waals surface area contributed by atoms with E-state index < -0.39 is 0 Å². The molecule has 2 aromatic carbocycles. The fourth-order valence-corrected chi connectivity index (χ4v) is 3.41. The Hall–Kier alpha value is -2.33. The van der Waals surface area contributed by atoms with Gasteiger partial charge in [0.1, 0.15) is 0 Å². The van der Waals surface area contributed by atoms with Crippen molar-refractivity contribution in [2.24, 2.45) is 11.1 Å². The van der Waals surface area contributed by atoms with E-state index in [1.165, 1.54) is 0 Å². The Morgan fingerprint density at radius 2 is 1.89 bits per heavy atom. The van der Waals surface area contributed by atoms with Crippen LogP contribution >= 0.6 is 11.6 Å². The maximum absolute atomic E-state index is 12.8. The van der Waals surface area contributed by atoms with Crippen LogP contribution in [0.4, 0.5) is 0 Å². The van der Waals surface area contributed by atoms with Crippen molar-refractivity contribution in [1.82, 2.24) is 4.90 Å². The van der Waals surface area contributed by atoms with E-state index in [-0.39, 0.29) is 12.0 Å². The molecule has 0 N–H and O–H groups in total. The zero-order valence-electron chi connectivity index (χ0n) is 15.8. The predicted molar refractivity (Wildman–Crippen MR) is 109 cm³/mol. The van der Waals surface area contributed by atoms with Crippen LogP contribution < -0.4 is 0 Å². The lowest BCUT2D eigenvalue weighted by molar-refractivity contribution is -0.134. The van der Waals surface area contributed by atoms with E-state index in [4.69, 9.17) is 16.4 Å². The van der Waals surface area contributed by atoms with Gasteiger partial charge in [0.2, 0.25) is 5.91 Å². The van der Waals surface area contributed by atoms with Gasteiger partial charge in [-0.25, -0.2) is 0 Å².